The highest BCUT2D eigenvalue weighted by Crippen LogP contribution is 2.30. The zero-order valence-corrected chi connectivity index (χ0v) is 13.6. The zero-order chi connectivity index (χ0) is 16.2. The van der Waals surface area contributed by atoms with Crippen molar-refractivity contribution < 1.29 is 14.3 Å². The number of carbonyl (C=O) groups is 2. The van der Waals surface area contributed by atoms with Crippen molar-refractivity contribution in [3.05, 3.63) is 58.6 Å². The average molecular weight is 327 g/mol. The van der Waals surface area contributed by atoms with Crippen LogP contribution in [0.5, 0.6) is 0 Å². The largest absolute Gasteiger partial charge is 0.465 e. The third-order valence-corrected chi connectivity index (χ3v) is 4.87. The van der Waals surface area contributed by atoms with Crippen LogP contribution < -0.4 is 5.32 Å². The number of ether oxygens (including phenoxy) is 1. The lowest BCUT2D eigenvalue weighted by molar-refractivity contribution is -0.135. The summed E-state index contributed by atoms with van der Waals surface area (Å²) in [6, 6.07) is 13.9. The number of thioether (sulfide) groups is 1. The number of amides is 1. The van der Waals surface area contributed by atoms with Crippen LogP contribution in [0.2, 0.25) is 0 Å². The van der Waals surface area contributed by atoms with Crippen LogP contribution in [0.1, 0.15) is 12.0 Å². The quantitative estimate of drug-likeness (QED) is 0.877. The standard InChI is InChI=1S/C18H17NO3S/c1-22-18(21)17-15(9-10-23-17)19-16(20)11-13-7-4-6-12-5-2-3-8-14(12)13/h2-8H,9-11H2,1H3,(H,19,20). The SMILES string of the molecule is COC(=O)C1=C(NC(=O)Cc2cccc3ccccc23)CCS1. The first-order valence-corrected chi connectivity index (χ1v) is 8.38. The van der Waals surface area contributed by atoms with Crippen molar-refractivity contribution in [1.29, 1.82) is 0 Å². The number of benzene rings is 2. The van der Waals surface area contributed by atoms with E-state index in [1.54, 1.807) is 0 Å². The lowest BCUT2D eigenvalue weighted by atomic mass is 10.0. The second-order valence-electron chi connectivity index (χ2n) is 5.26. The van der Waals surface area contributed by atoms with Gasteiger partial charge < -0.3 is 10.1 Å². The molecule has 0 atom stereocenters. The molecule has 0 aromatic heterocycles. The predicted molar refractivity (Wildman–Crippen MR) is 91.9 cm³/mol. The summed E-state index contributed by atoms with van der Waals surface area (Å²) in [4.78, 5) is 24.6. The maximum Gasteiger partial charge on any atom is 0.346 e. The van der Waals surface area contributed by atoms with Crippen molar-refractivity contribution in [2.45, 2.75) is 12.8 Å². The highest BCUT2D eigenvalue weighted by Gasteiger charge is 2.23. The van der Waals surface area contributed by atoms with Crippen molar-refractivity contribution in [2.24, 2.45) is 0 Å². The van der Waals surface area contributed by atoms with E-state index in [-0.39, 0.29) is 18.3 Å². The van der Waals surface area contributed by atoms with E-state index in [2.05, 4.69) is 5.32 Å². The Morgan fingerprint density at radius 2 is 1.96 bits per heavy atom. The van der Waals surface area contributed by atoms with Gasteiger partial charge in [-0.15, -0.1) is 11.8 Å². The molecule has 1 amide bonds. The number of nitrogens with one attached hydrogen (secondary N) is 1. The minimum Gasteiger partial charge on any atom is -0.465 e. The summed E-state index contributed by atoms with van der Waals surface area (Å²) in [6.45, 7) is 0. The van der Waals surface area contributed by atoms with Gasteiger partial charge in [-0.1, -0.05) is 42.5 Å². The molecule has 2 aromatic carbocycles. The molecule has 0 unspecified atom stereocenters. The van der Waals surface area contributed by atoms with Gasteiger partial charge in [-0.2, -0.15) is 0 Å². The highest BCUT2D eigenvalue weighted by molar-refractivity contribution is 8.04. The molecule has 4 nitrogen and oxygen atoms in total. The molecule has 1 heterocycles. The number of fused-ring (bicyclic) bond motifs is 1. The first-order chi connectivity index (χ1) is 11.2. The van der Waals surface area contributed by atoms with E-state index >= 15 is 0 Å². The van der Waals surface area contributed by atoms with E-state index in [1.807, 2.05) is 42.5 Å². The second kappa shape index (κ2) is 6.87. The first-order valence-electron chi connectivity index (χ1n) is 7.40. The first kappa shape index (κ1) is 15.6. The number of allylic oxidation sites excluding steroid dienone is 1. The maximum atomic E-state index is 12.4. The Balaban J connectivity index is 1.78. The molecular weight excluding hydrogens is 310 g/mol. The van der Waals surface area contributed by atoms with Crippen LogP contribution in [0.4, 0.5) is 0 Å². The van der Waals surface area contributed by atoms with Crippen molar-refractivity contribution >= 4 is 34.4 Å². The molecule has 0 saturated heterocycles. The number of hydrogen-bond donors (Lipinski definition) is 1. The molecule has 1 aliphatic rings. The summed E-state index contributed by atoms with van der Waals surface area (Å²) in [5, 5.41) is 5.07. The van der Waals surface area contributed by atoms with Gasteiger partial charge in [-0.25, -0.2) is 4.79 Å². The third kappa shape index (κ3) is 3.40. The van der Waals surface area contributed by atoms with E-state index in [9.17, 15) is 9.59 Å². The highest BCUT2D eigenvalue weighted by atomic mass is 32.2. The summed E-state index contributed by atoms with van der Waals surface area (Å²) >= 11 is 1.42. The normalized spacial score (nSPS) is 14.1. The Kier molecular flexibility index (Phi) is 4.67. The molecule has 0 spiro atoms. The van der Waals surface area contributed by atoms with Crippen LogP contribution in [0.3, 0.4) is 0 Å². The molecule has 0 bridgehead atoms. The maximum absolute atomic E-state index is 12.4. The molecule has 3 rings (SSSR count). The lowest BCUT2D eigenvalue weighted by Gasteiger charge is -2.09. The predicted octanol–water partition coefficient (Wildman–Crippen LogP) is 3.02. The minimum atomic E-state index is -0.382. The molecule has 2 aromatic rings. The van der Waals surface area contributed by atoms with Crippen LogP contribution in [-0.4, -0.2) is 24.7 Å². The van der Waals surface area contributed by atoms with Crippen molar-refractivity contribution in [3.8, 4) is 0 Å². The van der Waals surface area contributed by atoms with E-state index in [0.29, 0.717) is 17.0 Å². The summed E-state index contributed by atoms with van der Waals surface area (Å²) in [6.07, 6.45) is 0.959. The topological polar surface area (TPSA) is 55.4 Å². The van der Waals surface area contributed by atoms with Crippen molar-refractivity contribution in [3.63, 3.8) is 0 Å². The van der Waals surface area contributed by atoms with Gasteiger partial charge in [0.25, 0.3) is 0 Å². The van der Waals surface area contributed by atoms with Crippen LogP contribution in [-0.2, 0) is 20.7 Å². The fourth-order valence-corrected chi connectivity index (χ4v) is 3.72. The fraction of sp³-hybridized carbons (Fsp3) is 0.222. The molecule has 1 aliphatic heterocycles. The number of carbonyl (C=O) groups excluding carboxylic acids is 2. The molecular formula is C18H17NO3S. The van der Waals surface area contributed by atoms with Crippen molar-refractivity contribution in [1.82, 2.24) is 5.32 Å². The Bertz CT molecular complexity index is 792. The second-order valence-corrected chi connectivity index (χ2v) is 6.37. The lowest BCUT2D eigenvalue weighted by Crippen LogP contribution is -2.25. The van der Waals surface area contributed by atoms with Gasteiger partial charge in [-0.05, 0) is 22.8 Å². The average Bonchev–Trinajstić information content (AvgIpc) is 3.02. The van der Waals surface area contributed by atoms with Gasteiger partial charge in [0.1, 0.15) is 4.91 Å². The van der Waals surface area contributed by atoms with E-state index in [1.165, 1.54) is 18.9 Å². The minimum absolute atomic E-state index is 0.111. The summed E-state index contributed by atoms with van der Waals surface area (Å²) < 4.78 is 4.75. The molecule has 0 saturated carbocycles. The van der Waals surface area contributed by atoms with Crippen LogP contribution in [0.15, 0.2) is 53.1 Å². The van der Waals surface area contributed by atoms with Gasteiger partial charge in [0.2, 0.25) is 5.91 Å². The Labute approximate surface area is 138 Å². The van der Waals surface area contributed by atoms with Gasteiger partial charge >= 0.3 is 5.97 Å². The van der Waals surface area contributed by atoms with Gasteiger partial charge in [0.05, 0.1) is 13.5 Å². The molecule has 0 fully saturated rings. The third-order valence-electron chi connectivity index (χ3n) is 3.76. The van der Waals surface area contributed by atoms with E-state index in [0.717, 1.165) is 22.1 Å². The number of rotatable bonds is 4. The molecule has 23 heavy (non-hydrogen) atoms. The van der Waals surface area contributed by atoms with Crippen molar-refractivity contribution in [2.75, 3.05) is 12.9 Å². The Morgan fingerprint density at radius 1 is 1.17 bits per heavy atom. The van der Waals surface area contributed by atoms with E-state index < -0.39 is 0 Å². The van der Waals surface area contributed by atoms with Crippen LogP contribution in [0.25, 0.3) is 10.8 Å². The van der Waals surface area contributed by atoms with Gasteiger partial charge in [0.15, 0.2) is 0 Å². The van der Waals surface area contributed by atoms with Crippen LogP contribution in [0, 0.1) is 0 Å². The fourth-order valence-electron chi connectivity index (χ4n) is 2.68. The molecule has 0 radical (unpaired) electrons. The smallest absolute Gasteiger partial charge is 0.346 e. The zero-order valence-electron chi connectivity index (χ0n) is 12.8. The van der Waals surface area contributed by atoms with E-state index in [4.69, 9.17) is 4.74 Å². The van der Waals surface area contributed by atoms with Gasteiger partial charge in [-0.3, -0.25) is 4.79 Å². The van der Waals surface area contributed by atoms with Crippen LogP contribution >= 0.6 is 11.8 Å². The molecule has 118 valence electrons. The summed E-state index contributed by atoms with van der Waals surface area (Å²) in [7, 11) is 1.35. The van der Waals surface area contributed by atoms with Gasteiger partial charge in [0, 0.05) is 11.4 Å². The summed E-state index contributed by atoms with van der Waals surface area (Å²) in [5.74, 6) is 0.294. The Hall–Kier alpha value is -2.27. The monoisotopic (exact) mass is 327 g/mol. The number of esters is 1. The molecule has 0 aliphatic carbocycles. The Morgan fingerprint density at radius 3 is 2.78 bits per heavy atom. The number of methoxy groups -OCH3 is 1. The molecule has 5 heteroatoms. The number of hydrogen-bond acceptors (Lipinski definition) is 4. The molecule has 1 N–H and O–H groups in total. The summed E-state index contributed by atoms with van der Waals surface area (Å²) in [5.41, 5.74) is 1.65.